The van der Waals surface area contributed by atoms with Crippen LogP contribution in [-0.2, 0) is 6.54 Å². The number of anilines is 1. The van der Waals surface area contributed by atoms with Gasteiger partial charge >= 0.3 is 0 Å². The highest BCUT2D eigenvalue weighted by molar-refractivity contribution is 9.10. The Kier molecular flexibility index (Phi) is 4.64. The Bertz CT molecular complexity index is 457. The normalized spacial score (nSPS) is 24.3. The molecule has 2 aliphatic rings. The third-order valence-electron chi connectivity index (χ3n) is 4.69. The fraction of sp³-hybridized carbons (Fsp3) is 0.625. The fourth-order valence-electron chi connectivity index (χ4n) is 3.46. The maximum absolute atomic E-state index is 5.72. The number of piperidine rings is 1. The first-order valence-electron chi connectivity index (χ1n) is 7.75. The quantitative estimate of drug-likeness (QED) is 0.920. The van der Waals surface area contributed by atoms with Crippen molar-refractivity contribution in [2.24, 2.45) is 5.73 Å². The van der Waals surface area contributed by atoms with Crippen LogP contribution in [0, 0.1) is 0 Å². The second-order valence-electron chi connectivity index (χ2n) is 5.96. The molecule has 0 saturated carbocycles. The number of halogens is 1. The van der Waals surface area contributed by atoms with Crippen molar-refractivity contribution in [3.63, 3.8) is 0 Å². The van der Waals surface area contributed by atoms with E-state index in [1.165, 1.54) is 63.1 Å². The minimum atomic E-state index is 0.595. The molecule has 1 atom stereocenters. The molecular weight excluding hydrogens is 314 g/mol. The van der Waals surface area contributed by atoms with E-state index in [4.69, 9.17) is 5.73 Å². The molecule has 0 aliphatic carbocycles. The van der Waals surface area contributed by atoms with Crippen LogP contribution in [-0.4, -0.2) is 37.1 Å². The van der Waals surface area contributed by atoms with Gasteiger partial charge in [-0.2, -0.15) is 0 Å². The number of nitrogens with zero attached hydrogens (tertiary/aromatic N) is 2. The summed E-state index contributed by atoms with van der Waals surface area (Å²) < 4.78 is 1.14. The van der Waals surface area contributed by atoms with E-state index < -0.39 is 0 Å². The van der Waals surface area contributed by atoms with Crippen molar-refractivity contribution in [3.8, 4) is 0 Å². The molecule has 0 bridgehead atoms. The molecule has 1 aromatic carbocycles. The SMILES string of the molecule is NCc1ccc(N2CCC(N3CCCCC3)C2)cc1Br. The molecule has 3 nitrogen and oxygen atoms in total. The van der Waals surface area contributed by atoms with Crippen molar-refractivity contribution in [1.29, 1.82) is 0 Å². The van der Waals surface area contributed by atoms with Gasteiger partial charge in [0, 0.05) is 35.8 Å². The van der Waals surface area contributed by atoms with Crippen molar-refractivity contribution in [2.75, 3.05) is 31.1 Å². The number of hydrogen-bond donors (Lipinski definition) is 1. The van der Waals surface area contributed by atoms with Crippen LogP contribution in [0.2, 0.25) is 0 Å². The molecule has 2 saturated heterocycles. The Balaban J connectivity index is 1.65. The van der Waals surface area contributed by atoms with E-state index in [0.29, 0.717) is 6.54 Å². The van der Waals surface area contributed by atoms with E-state index in [1.807, 2.05) is 0 Å². The topological polar surface area (TPSA) is 32.5 Å². The Morgan fingerprint density at radius 2 is 1.95 bits per heavy atom. The van der Waals surface area contributed by atoms with Gasteiger partial charge in [0.25, 0.3) is 0 Å². The van der Waals surface area contributed by atoms with Crippen molar-refractivity contribution in [1.82, 2.24) is 4.90 Å². The summed E-state index contributed by atoms with van der Waals surface area (Å²) in [7, 11) is 0. The highest BCUT2D eigenvalue weighted by Crippen LogP contribution is 2.28. The highest BCUT2D eigenvalue weighted by Gasteiger charge is 2.28. The first-order chi connectivity index (χ1) is 9.78. The van der Waals surface area contributed by atoms with Gasteiger partial charge in [-0.25, -0.2) is 0 Å². The van der Waals surface area contributed by atoms with Crippen LogP contribution < -0.4 is 10.6 Å². The second-order valence-corrected chi connectivity index (χ2v) is 6.82. The van der Waals surface area contributed by atoms with Crippen LogP contribution in [0.5, 0.6) is 0 Å². The molecule has 3 rings (SSSR count). The molecule has 4 heteroatoms. The second kappa shape index (κ2) is 6.46. The number of likely N-dealkylation sites (tertiary alicyclic amines) is 1. The van der Waals surface area contributed by atoms with E-state index in [0.717, 1.165) is 10.5 Å². The summed E-state index contributed by atoms with van der Waals surface area (Å²) in [5.74, 6) is 0. The van der Waals surface area contributed by atoms with E-state index in [9.17, 15) is 0 Å². The highest BCUT2D eigenvalue weighted by atomic mass is 79.9. The van der Waals surface area contributed by atoms with E-state index in [1.54, 1.807) is 0 Å². The summed E-state index contributed by atoms with van der Waals surface area (Å²) in [5, 5.41) is 0. The molecule has 0 spiro atoms. The molecule has 0 radical (unpaired) electrons. The predicted octanol–water partition coefficient (Wildman–Crippen LogP) is 2.97. The molecule has 2 aliphatic heterocycles. The van der Waals surface area contributed by atoms with Crippen molar-refractivity contribution in [3.05, 3.63) is 28.2 Å². The van der Waals surface area contributed by atoms with Crippen molar-refractivity contribution < 1.29 is 0 Å². The molecule has 2 fully saturated rings. The van der Waals surface area contributed by atoms with Crippen LogP contribution in [0.3, 0.4) is 0 Å². The Labute approximate surface area is 130 Å². The lowest BCUT2D eigenvalue weighted by molar-refractivity contribution is 0.175. The van der Waals surface area contributed by atoms with E-state index in [-0.39, 0.29) is 0 Å². The van der Waals surface area contributed by atoms with Gasteiger partial charge < -0.3 is 10.6 Å². The van der Waals surface area contributed by atoms with Crippen LogP contribution in [0.4, 0.5) is 5.69 Å². The summed E-state index contributed by atoms with van der Waals surface area (Å²) in [4.78, 5) is 5.22. The molecule has 20 heavy (non-hydrogen) atoms. The lowest BCUT2D eigenvalue weighted by Crippen LogP contribution is -2.40. The zero-order valence-corrected chi connectivity index (χ0v) is 13.6. The molecule has 1 aromatic rings. The monoisotopic (exact) mass is 337 g/mol. The standard InChI is InChI=1S/C16H24BrN3/c17-16-10-14(5-4-13(16)11-18)20-9-6-15(12-20)19-7-2-1-3-8-19/h4-5,10,15H,1-3,6-9,11-12,18H2. The van der Waals surface area contributed by atoms with E-state index >= 15 is 0 Å². The first-order valence-corrected chi connectivity index (χ1v) is 8.55. The van der Waals surface area contributed by atoms with Gasteiger partial charge in [0.2, 0.25) is 0 Å². The van der Waals surface area contributed by atoms with Gasteiger partial charge in [-0.05, 0) is 50.0 Å². The number of hydrogen-bond acceptors (Lipinski definition) is 3. The molecule has 2 heterocycles. The summed E-state index contributed by atoms with van der Waals surface area (Å²) in [5.41, 5.74) is 8.23. The summed E-state index contributed by atoms with van der Waals surface area (Å²) in [6.07, 6.45) is 5.48. The van der Waals surface area contributed by atoms with Crippen molar-refractivity contribution >= 4 is 21.6 Å². The zero-order valence-electron chi connectivity index (χ0n) is 12.0. The van der Waals surface area contributed by atoms with Crippen LogP contribution in [0.25, 0.3) is 0 Å². The zero-order chi connectivity index (χ0) is 13.9. The summed E-state index contributed by atoms with van der Waals surface area (Å²) in [6, 6.07) is 7.34. The molecule has 0 aromatic heterocycles. The minimum absolute atomic E-state index is 0.595. The third-order valence-corrected chi connectivity index (χ3v) is 5.43. The van der Waals surface area contributed by atoms with Gasteiger partial charge in [-0.1, -0.05) is 28.4 Å². The number of rotatable bonds is 3. The molecule has 1 unspecified atom stereocenters. The number of benzene rings is 1. The van der Waals surface area contributed by atoms with Gasteiger partial charge in [-0.3, -0.25) is 4.90 Å². The summed E-state index contributed by atoms with van der Waals surface area (Å²) in [6.45, 7) is 5.55. The minimum Gasteiger partial charge on any atom is -0.370 e. The maximum atomic E-state index is 5.72. The average molecular weight is 338 g/mol. The largest absolute Gasteiger partial charge is 0.370 e. The lowest BCUT2D eigenvalue weighted by atomic mass is 10.1. The van der Waals surface area contributed by atoms with Gasteiger partial charge in [-0.15, -0.1) is 0 Å². The Morgan fingerprint density at radius 1 is 1.15 bits per heavy atom. The fourth-order valence-corrected chi connectivity index (χ4v) is 3.98. The Morgan fingerprint density at radius 3 is 2.65 bits per heavy atom. The third kappa shape index (κ3) is 3.02. The smallest absolute Gasteiger partial charge is 0.0378 e. The number of nitrogens with two attached hydrogens (primary N) is 1. The summed E-state index contributed by atoms with van der Waals surface area (Å²) >= 11 is 3.63. The first kappa shape index (κ1) is 14.4. The molecular formula is C16H24BrN3. The molecule has 110 valence electrons. The van der Waals surface area contributed by atoms with Gasteiger partial charge in [0.15, 0.2) is 0 Å². The van der Waals surface area contributed by atoms with Crippen molar-refractivity contribution in [2.45, 2.75) is 38.3 Å². The molecule has 2 N–H and O–H groups in total. The van der Waals surface area contributed by atoms with Crippen LogP contribution >= 0.6 is 15.9 Å². The predicted molar refractivity (Wildman–Crippen MR) is 88.1 cm³/mol. The van der Waals surface area contributed by atoms with Gasteiger partial charge in [0.1, 0.15) is 0 Å². The average Bonchev–Trinajstić information content (AvgIpc) is 2.98. The molecule has 0 amide bonds. The van der Waals surface area contributed by atoms with E-state index in [2.05, 4.69) is 43.9 Å². The Hall–Kier alpha value is -0.580. The maximum Gasteiger partial charge on any atom is 0.0378 e. The van der Waals surface area contributed by atoms with Crippen LogP contribution in [0.15, 0.2) is 22.7 Å². The lowest BCUT2D eigenvalue weighted by Gasteiger charge is -2.32. The van der Waals surface area contributed by atoms with Gasteiger partial charge in [0.05, 0.1) is 0 Å². The van der Waals surface area contributed by atoms with Crippen LogP contribution in [0.1, 0.15) is 31.2 Å².